The van der Waals surface area contributed by atoms with Crippen molar-refractivity contribution in [3.8, 4) is 0 Å². The van der Waals surface area contributed by atoms with E-state index in [1.165, 1.54) is 24.3 Å². The zero-order valence-electron chi connectivity index (χ0n) is 21.8. The summed E-state index contributed by atoms with van der Waals surface area (Å²) < 4.78 is 9.74. The minimum atomic E-state index is -0.994. The molecule has 10 heteroatoms. The Morgan fingerprint density at radius 2 is 0.763 bits per heavy atom. The molecule has 0 bridgehead atoms. The van der Waals surface area contributed by atoms with Gasteiger partial charge in [0.15, 0.2) is 0 Å². The Balaban J connectivity index is 2.35. The zero-order valence-corrected chi connectivity index (χ0v) is 21.8. The minimum absolute atomic E-state index is 0.0333. The Morgan fingerprint density at radius 3 is 1.08 bits per heavy atom. The number of ether oxygens (including phenoxy) is 2. The number of hydrogen-bond donors (Lipinski definition) is 2. The van der Waals surface area contributed by atoms with Gasteiger partial charge in [-0.15, -0.1) is 0 Å². The topological polar surface area (TPSA) is 161 Å². The van der Waals surface area contributed by atoms with Gasteiger partial charge in [-0.2, -0.15) is 0 Å². The Hall–Kier alpha value is -3.56. The minimum Gasteiger partial charge on any atom is -0.481 e. The van der Waals surface area contributed by atoms with Gasteiger partial charge in [0.25, 0.3) is 0 Å². The molecule has 0 spiro atoms. The third-order valence-corrected chi connectivity index (χ3v) is 5.82. The lowest BCUT2D eigenvalue weighted by molar-refractivity contribution is -0.139. The number of esters is 4. The molecule has 0 amide bonds. The van der Waals surface area contributed by atoms with E-state index in [1.54, 1.807) is 0 Å². The maximum Gasteiger partial charge on any atom is 0.346 e. The summed E-state index contributed by atoms with van der Waals surface area (Å²) in [7, 11) is 0. The third kappa shape index (κ3) is 15.5. The molecule has 1 aromatic carbocycles. The normalized spacial score (nSPS) is 10.5. The molecular weight excluding hydrogens is 496 g/mol. The van der Waals surface area contributed by atoms with Gasteiger partial charge in [-0.25, -0.2) is 9.59 Å². The molecule has 0 atom stereocenters. The third-order valence-electron chi connectivity index (χ3n) is 5.82. The fraction of sp³-hybridized carbons (Fsp3) is 0.571. The molecule has 210 valence electrons. The summed E-state index contributed by atoms with van der Waals surface area (Å²) in [6, 6.07) is 5.64. The van der Waals surface area contributed by atoms with Gasteiger partial charge in [0.1, 0.15) is 0 Å². The van der Waals surface area contributed by atoms with Crippen molar-refractivity contribution in [2.45, 2.75) is 103 Å². The summed E-state index contributed by atoms with van der Waals surface area (Å²) in [5, 5.41) is 17.2. The molecule has 0 saturated heterocycles. The highest BCUT2D eigenvalue weighted by Gasteiger charge is 2.22. The average molecular weight is 535 g/mol. The van der Waals surface area contributed by atoms with Crippen LogP contribution in [0.2, 0.25) is 0 Å². The van der Waals surface area contributed by atoms with Crippen LogP contribution in [0.25, 0.3) is 0 Å². The van der Waals surface area contributed by atoms with Crippen LogP contribution in [0, 0.1) is 0 Å². The fourth-order valence-corrected chi connectivity index (χ4v) is 3.76. The second-order valence-corrected chi connectivity index (χ2v) is 9.10. The monoisotopic (exact) mass is 534 g/mol. The number of unbranched alkanes of at least 4 members (excludes halogenated alkanes) is 10. The van der Waals surface area contributed by atoms with Crippen molar-refractivity contribution >= 4 is 35.8 Å². The van der Waals surface area contributed by atoms with E-state index in [1.807, 2.05) is 0 Å². The zero-order chi connectivity index (χ0) is 28.2. The van der Waals surface area contributed by atoms with E-state index in [4.69, 9.17) is 19.7 Å². The van der Waals surface area contributed by atoms with Crippen LogP contribution in [0.5, 0.6) is 0 Å². The standard InChI is InChI=1S/C28H38O10/c29-23(30)17-9-5-1-3-7-11-19-25(33)37-27(35)21-15-13-14-16-22(21)28(36)38-26(34)20-12-8-4-2-6-10-18-24(31)32/h13-16H,1-12,17-20H2,(H,29,30)(H,31,32). The predicted octanol–water partition coefficient (Wildman–Crippen LogP) is 5.46. The van der Waals surface area contributed by atoms with Crippen LogP contribution in [-0.2, 0) is 28.7 Å². The SMILES string of the molecule is O=C(O)CCCCCCCCC(=O)OC(=O)c1ccccc1C(=O)OC(=O)CCCCCCCCC(=O)O. The van der Waals surface area contributed by atoms with E-state index in [9.17, 15) is 28.8 Å². The van der Waals surface area contributed by atoms with Crippen molar-refractivity contribution < 1.29 is 48.5 Å². The van der Waals surface area contributed by atoms with Crippen molar-refractivity contribution in [2.75, 3.05) is 0 Å². The van der Waals surface area contributed by atoms with Gasteiger partial charge in [-0.1, -0.05) is 63.5 Å². The number of aliphatic carboxylic acids is 2. The molecule has 1 rings (SSSR count). The van der Waals surface area contributed by atoms with E-state index in [0.29, 0.717) is 25.7 Å². The molecule has 2 N–H and O–H groups in total. The lowest BCUT2D eigenvalue weighted by atomic mass is 10.1. The molecule has 0 aliphatic heterocycles. The van der Waals surface area contributed by atoms with E-state index < -0.39 is 35.8 Å². The number of benzene rings is 1. The quantitative estimate of drug-likeness (QED) is 0.125. The smallest absolute Gasteiger partial charge is 0.346 e. The Labute approximate surface area is 222 Å². The molecule has 0 aliphatic rings. The van der Waals surface area contributed by atoms with Crippen molar-refractivity contribution in [2.24, 2.45) is 0 Å². The first-order valence-corrected chi connectivity index (χ1v) is 13.2. The van der Waals surface area contributed by atoms with Gasteiger partial charge in [0.05, 0.1) is 11.1 Å². The molecule has 0 aromatic heterocycles. The number of rotatable bonds is 20. The number of carboxylic acid groups (broad SMARTS) is 2. The maximum absolute atomic E-state index is 12.5. The summed E-state index contributed by atoms with van der Waals surface area (Å²) in [4.78, 5) is 70.0. The molecule has 0 fully saturated rings. The molecule has 10 nitrogen and oxygen atoms in total. The number of hydrogen-bond acceptors (Lipinski definition) is 8. The van der Waals surface area contributed by atoms with E-state index in [2.05, 4.69) is 0 Å². The average Bonchev–Trinajstić information content (AvgIpc) is 2.86. The molecule has 0 aliphatic carbocycles. The van der Waals surface area contributed by atoms with Crippen LogP contribution in [0.15, 0.2) is 24.3 Å². The van der Waals surface area contributed by atoms with Gasteiger partial charge in [0, 0.05) is 25.7 Å². The highest BCUT2D eigenvalue weighted by atomic mass is 16.6. The van der Waals surface area contributed by atoms with Crippen LogP contribution >= 0.6 is 0 Å². The summed E-state index contributed by atoms with van der Waals surface area (Å²) in [6.07, 6.45) is 9.16. The van der Waals surface area contributed by atoms with Gasteiger partial charge in [0.2, 0.25) is 0 Å². The number of carbonyl (C=O) groups excluding carboxylic acids is 4. The Kier molecular flexibility index (Phi) is 16.7. The van der Waals surface area contributed by atoms with Gasteiger partial charge < -0.3 is 19.7 Å². The lowest BCUT2D eigenvalue weighted by Crippen LogP contribution is -2.19. The van der Waals surface area contributed by atoms with Crippen LogP contribution in [-0.4, -0.2) is 46.0 Å². The van der Waals surface area contributed by atoms with Crippen LogP contribution < -0.4 is 0 Å². The number of carbonyl (C=O) groups is 6. The van der Waals surface area contributed by atoms with Crippen molar-refractivity contribution in [1.29, 1.82) is 0 Å². The second-order valence-electron chi connectivity index (χ2n) is 9.10. The summed E-state index contributed by atoms with van der Waals surface area (Å²) in [6.45, 7) is 0. The van der Waals surface area contributed by atoms with Crippen LogP contribution in [0.4, 0.5) is 0 Å². The molecule has 1 aromatic rings. The summed E-state index contributed by atoms with van der Waals surface area (Å²) >= 11 is 0. The molecular formula is C28H38O10. The maximum atomic E-state index is 12.5. The van der Waals surface area contributed by atoms with Crippen molar-refractivity contribution in [3.05, 3.63) is 35.4 Å². The molecule has 0 unspecified atom stereocenters. The van der Waals surface area contributed by atoms with E-state index in [0.717, 1.165) is 51.4 Å². The van der Waals surface area contributed by atoms with Gasteiger partial charge in [-0.05, 0) is 37.8 Å². The Bertz CT molecular complexity index is 862. The fourth-order valence-electron chi connectivity index (χ4n) is 3.76. The lowest BCUT2D eigenvalue weighted by Gasteiger charge is -2.08. The van der Waals surface area contributed by atoms with Crippen molar-refractivity contribution in [1.82, 2.24) is 0 Å². The molecule has 0 saturated carbocycles. The highest BCUT2D eigenvalue weighted by Crippen LogP contribution is 2.15. The first-order valence-electron chi connectivity index (χ1n) is 13.2. The van der Waals surface area contributed by atoms with E-state index >= 15 is 0 Å². The van der Waals surface area contributed by atoms with Crippen LogP contribution in [0.1, 0.15) is 123 Å². The first-order chi connectivity index (χ1) is 18.2. The van der Waals surface area contributed by atoms with Gasteiger partial charge >= 0.3 is 35.8 Å². The molecule has 0 heterocycles. The van der Waals surface area contributed by atoms with Crippen LogP contribution in [0.3, 0.4) is 0 Å². The first kappa shape index (κ1) is 32.5. The largest absolute Gasteiger partial charge is 0.481 e. The Morgan fingerprint density at radius 1 is 0.474 bits per heavy atom. The summed E-state index contributed by atoms with van der Waals surface area (Å²) in [5.41, 5.74) is -0.336. The number of carboxylic acids is 2. The predicted molar refractivity (Wildman–Crippen MR) is 136 cm³/mol. The van der Waals surface area contributed by atoms with Crippen molar-refractivity contribution in [3.63, 3.8) is 0 Å². The second kappa shape index (κ2) is 19.5. The molecule has 0 radical (unpaired) electrons. The molecule has 38 heavy (non-hydrogen) atoms. The van der Waals surface area contributed by atoms with E-state index in [-0.39, 0.29) is 36.8 Å². The summed E-state index contributed by atoms with van der Waals surface area (Å²) in [5.74, 6) is -5.05. The van der Waals surface area contributed by atoms with Gasteiger partial charge in [-0.3, -0.25) is 19.2 Å². The highest BCUT2D eigenvalue weighted by molar-refractivity contribution is 6.07.